The van der Waals surface area contributed by atoms with E-state index in [-0.39, 0.29) is 10.8 Å². The van der Waals surface area contributed by atoms with Crippen molar-refractivity contribution in [2.45, 2.75) is 38.5 Å². The first-order valence-corrected chi connectivity index (χ1v) is 34.5. The molecular formula is C90H58N6OS. The minimum Gasteiger partial charge on any atom is -0.437 e. The quantitative estimate of drug-likeness (QED) is 0.176. The van der Waals surface area contributed by atoms with Crippen molar-refractivity contribution in [3.05, 3.63) is 301 Å². The Morgan fingerprint density at radius 1 is 0.306 bits per heavy atom. The zero-order valence-corrected chi connectivity index (χ0v) is 54.9. The molecule has 0 fully saturated rings. The molecule has 22 rings (SSSR count). The minimum absolute atomic E-state index is 0.109. The third kappa shape index (κ3) is 7.86. The fourth-order valence-electron chi connectivity index (χ4n) is 16.8. The highest BCUT2D eigenvalue weighted by Crippen LogP contribution is 2.53. The molecule has 0 bridgehead atoms. The molecule has 98 heavy (non-hydrogen) atoms. The minimum atomic E-state index is -0.135. The van der Waals surface area contributed by atoms with Crippen LogP contribution < -0.4 is 0 Å². The molecular weight excluding hydrogens is 1210 g/mol. The monoisotopic (exact) mass is 1270 g/mol. The van der Waals surface area contributed by atoms with Gasteiger partial charge >= 0.3 is 0 Å². The van der Waals surface area contributed by atoms with E-state index in [1.54, 1.807) is 11.3 Å². The predicted molar refractivity (Wildman–Crippen MR) is 409 cm³/mol. The molecule has 8 heteroatoms. The van der Waals surface area contributed by atoms with Crippen LogP contribution >= 0.6 is 11.3 Å². The number of hydrogen-bond acceptors (Lipinski definition) is 6. The Kier molecular flexibility index (Phi) is 11.4. The number of hydrogen-bond donors (Lipinski definition) is 0. The van der Waals surface area contributed by atoms with Crippen molar-refractivity contribution in [1.29, 1.82) is 0 Å². The molecule has 460 valence electrons. The summed E-state index contributed by atoms with van der Waals surface area (Å²) in [5.41, 5.74) is 20.1. The number of para-hydroxylation sites is 1. The van der Waals surface area contributed by atoms with Gasteiger partial charge in [0.05, 0.1) is 38.8 Å². The molecule has 0 amide bonds. The lowest BCUT2D eigenvalue weighted by Crippen LogP contribution is -2.15. The molecule has 0 N–H and O–H groups in total. The van der Waals surface area contributed by atoms with Crippen LogP contribution in [-0.4, -0.2) is 29.1 Å². The van der Waals surface area contributed by atoms with E-state index < -0.39 is 0 Å². The van der Waals surface area contributed by atoms with E-state index in [9.17, 15) is 0 Å². The average molecular weight is 1270 g/mol. The normalized spacial score (nSPS) is 13.7. The second kappa shape index (κ2) is 20.2. The SMILES string of the molecule is CC1(C)c2ccccc2-c2ccc(-c3nc(-n4c5cc6ccccc6cc5c5c6ccccc6ccc54)nc4sc5ccccc5c34)cc21.CC1(C)c2ccccc2-c2ccc(-c3nc(-n4c5cc6ccccc6cc5c5cc6ccccc6cc54)nc4oc5ccccc5c34)cc21. The second-order valence-corrected chi connectivity index (χ2v) is 28.7. The Hall–Kier alpha value is -12.1. The van der Waals surface area contributed by atoms with E-state index in [1.165, 1.54) is 119 Å². The third-order valence-electron chi connectivity index (χ3n) is 21.6. The van der Waals surface area contributed by atoms with Crippen LogP contribution in [0.1, 0.15) is 49.9 Å². The molecule has 0 spiro atoms. The van der Waals surface area contributed by atoms with Gasteiger partial charge in [-0.15, -0.1) is 11.3 Å². The second-order valence-electron chi connectivity index (χ2n) is 27.7. The largest absolute Gasteiger partial charge is 0.437 e. The highest BCUT2D eigenvalue weighted by Gasteiger charge is 2.38. The van der Waals surface area contributed by atoms with Gasteiger partial charge in [-0.25, -0.2) is 15.0 Å². The van der Waals surface area contributed by atoms with Gasteiger partial charge in [0.1, 0.15) is 10.4 Å². The van der Waals surface area contributed by atoms with Crippen molar-refractivity contribution in [3.8, 4) is 56.7 Å². The van der Waals surface area contributed by atoms with Crippen LogP contribution in [0.15, 0.2) is 283 Å². The van der Waals surface area contributed by atoms with E-state index in [2.05, 4.69) is 304 Å². The lowest BCUT2D eigenvalue weighted by atomic mass is 9.82. The summed E-state index contributed by atoms with van der Waals surface area (Å²) < 4.78 is 12.3. The summed E-state index contributed by atoms with van der Waals surface area (Å²) in [6.07, 6.45) is 0. The summed E-state index contributed by atoms with van der Waals surface area (Å²) in [4.78, 5) is 22.7. The molecule has 0 saturated carbocycles. The summed E-state index contributed by atoms with van der Waals surface area (Å²) in [6, 6.07) is 101. The number of aromatic nitrogens is 6. The van der Waals surface area contributed by atoms with Crippen LogP contribution in [0.25, 0.3) is 186 Å². The molecule has 6 aromatic heterocycles. The van der Waals surface area contributed by atoms with E-state index in [0.29, 0.717) is 17.6 Å². The number of thiophene rings is 1. The van der Waals surface area contributed by atoms with Crippen LogP contribution in [0.3, 0.4) is 0 Å². The number of furan rings is 1. The van der Waals surface area contributed by atoms with Gasteiger partial charge < -0.3 is 4.42 Å². The van der Waals surface area contributed by atoms with Crippen molar-refractivity contribution in [2.75, 3.05) is 0 Å². The van der Waals surface area contributed by atoms with Crippen LogP contribution in [0, 0.1) is 0 Å². The van der Waals surface area contributed by atoms with E-state index >= 15 is 0 Å². The summed E-state index contributed by atoms with van der Waals surface area (Å²) in [6.45, 7) is 9.33. The zero-order valence-electron chi connectivity index (χ0n) is 54.1. The highest BCUT2D eigenvalue weighted by molar-refractivity contribution is 7.25. The first-order chi connectivity index (χ1) is 48.1. The number of rotatable bonds is 4. The van der Waals surface area contributed by atoms with Crippen molar-refractivity contribution >= 4 is 140 Å². The predicted octanol–water partition coefficient (Wildman–Crippen LogP) is 24.0. The molecule has 0 radical (unpaired) electrons. The molecule has 0 atom stereocenters. The van der Waals surface area contributed by atoms with Crippen molar-refractivity contribution in [1.82, 2.24) is 29.1 Å². The van der Waals surface area contributed by atoms with Crippen molar-refractivity contribution in [2.24, 2.45) is 0 Å². The van der Waals surface area contributed by atoms with Gasteiger partial charge in [-0.05, 0) is 154 Å². The number of fused-ring (bicyclic) bond motifs is 23. The number of nitrogens with zero attached hydrogens (tertiary/aromatic N) is 6. The van der Waals surface area contributed by atoms with Gasteiger partial charge in [0, 0.05) is 64.4 Å². The Balaban J connectivity index is 0.000000129. The Morgan fingerprint density at radius 2 is 0.745 bits per heavy atom. The van der Waals surface area contributed by atoms with Gasteiger partial charge in [-0.2, -0.15) is 4.98 Å². The van der Waals surface area contributed by atoms with Gasteiger partial charge in [-0.3, -0.25) is 9.13 Å². The van der Waals surface area contributed by atoms with Gasteiger partial charge in [-0.1, -0.05) is 240 Å². The molecule has 2 aliphatic carbocycles. The Morgan fingerprint density at radius 3 is 1.34 bits per heavy atom. The summed E-state index contributed by atoms with van der Waals surface area (Å²) in [5, 5.41) is 18.7. The van der Waals surface area contributed by atoms with Gasteiger partial charge in [0.2, 0.25) is 17.6 Å². The van der Waals surface area contributed by atoms with Crippen LogP contribution in [0.4, 0.5) is 0 Å². The molecule has 6 heterocycles. The lowest BCUT2D eigenvalue weighted by molar-refractivity contribution is 0.651. The fourth-order valence-corrected chi connectivity index (χ4v) is 17.9. The summed E-state index contributed by atoms with van der Waals surface area (Å²) in [7, 11) is 0. The standard InChI is InChI=1S/C45H29N3O.C45H29N3S/c1-45(2)36-17-9-7-15-31(36)32-20-19-30(23-37(32)45)42-41-33-16-8-10-18-40(33)49-43(41)47-44(46-42)48-38-24-28-13-5-3-11-26(28)21-34(38)35-22-27-12-4-6-14-29(27)25-39(35)48;1-45(2)35-17-9-7-15-31(35)32-21-19-29(24-36(32)45)42-41-33-16-8-10-18-39(33)49-43(41)47-44(46-42)48-37-22-20-26-11-5-6-14-30(26)40(37)34-23-27-12-3-4-13-28(27)25-38(34)48/h2*3-25H,1-2H3. The van der Waals surface area contributed by atoms with Gasteiger partial charge in [0.15, 0.2) is 0 Å². The lowest BCUT2D eigenvalue weighted by Gasteiger charge is -2.22. The van der Waals surface area contributed by atoms with E-state index in [4.69, 9.17) is 24.4 Å². The highest BCUT2D eigenvalue weighted by atomic mass is 32.1. The van der Waals surface area contributed by atoms with Crippen LogP contribution in [0.2, 0.25) is 0 Å². The number of benzene rings is 14. The molecule has 7 nitrogen and oxygen atoms in total. The van der Waals surface area contributed by atoms with E-state index in [0.717, 1.165) is 71.2 Å². The third-order valence-corrected chi connectivity index (χ3v) is 22.7. The summed E-state index contributed by atoms with van der Waals surface area (Å²) in [5.74, 6) is 1.29. The smallest absolute Gasteiger partial charge is 0.238 e. The maximum absolute atomic E-state index is 6.54. The Labute approximate surface area is 566 Å². The first-order valence-electron chi connectivity index (χ1n) is 33.7. The van der Waals surface area contributed by atoms with E-state index in [1.807, 2.05) is 12.1 Å². The summed E-state index contributed by atoms with van der Waals surface area (Å²) >= 11 is 1.75. The first kappa shape index (κ1) is 55.2. The molecule has 14 aromatic carbocycles. The van der Waals surface area contributed by atoms with Gasteiger partial charge in [0.25, 0.3) is 0 Å². The average Bonchev–Trinajstić information content (AvgIpc) is 1.57. The fraction of sp³-hybridized carbons (Fsp3) is 0.0667. The molecule has 0 unspecified atom stereocenters. The van der Waals surface area contributed by atoms with Crippen molar-refractivity contribution < 1.29 is 4.42 Å². The molecule has 0 aliphatic heterocycles. The van der Waals surface area contributed by atoms with Crippen molar-refractivity contribution in [3.63, 3.8) is 0 Å². The van der Waals surface area contributed by atoms with Crippen LogP contribution in [0.5, 0.6) is 0 Å². The molecule has 2 aliphatic rings. The Bertz CT molecular complexity index is 6570. The molecule has 0 saturated heterocycles. The topological polar surface area (TPSA) is 74.6 Å². The zero-order chi connectivity index (χ0) is 64.9. The molecule has 20 aromatic rings. The maximum Gasteiger partial charge on any atom is 0.238 e. The van der Waals surface area contributed by atoms with Crippen LogP contribution in [-0.2, 0) is 10.8 Å². The maximum atomic E-state index is 6.54.